The molecule has 6 nitrogen and oxygen atoms in total. The Morgan fingerprint density at radius 1 is 1.43 bits per heavy atom. The Hall–Kier alpha value is -1.60. The maximum atomic E-state index is 12.1. The SMILES string of the molecule is CCS(=O)CCNC(=O)N(CC(=O)O)c1cccc(Cl)c1. The second-order valence-electron chi connectivity index (χ2n) is 4.12. The Kier molecular flexibility index (Phi) is 7.18. The van der Waals surface area contributed by atoms with Gasteiger partial charge in [-0.2, -0.15) is 0 Å². The molecule has 0 aliphatic carbocycles. The molecule has 21 heavy (non-hydrogen) atoms. The van der Waals surface area contributed by atoms with Crippen LogP contribution in [0.4, 0.5) is 10.5 Å². The highest BCUT2D eigenvalue weighted by Crippen LogP contribution is 2.19. The largest absolute Gasteiger partial charge is 0.480 e. The van der Waals surface area contributed by atoms with Crippen LogP contribution in [0.3, 0.4) is 0 Å². The number of urea groups is 1. The van der Waals surface area contributed by atoms with E-state index >= 15 is 0 Å². The minimum absolute atomic E-state index is 0.218. The smallest absolute Gasteiger partial charge is 0.323 e. The monoisotopic (exact) mass is 332 g/mol. The van der Waals surface area contributed by atoms with Crippen LogP contribution in [0.1, 0.15) is 6.92 Å². The number of nitrogens with zero attached hydrogens (tertiary/aromatic N) is 1. The van der Waals surface area contributed by atoms with E-state index in [0.29, 0.717) is 22.2 Å². The van der Waals surface area contributed by atoms with Gasteiger partial charge >= 0.3 is 12.0 Å². The molecular formula is C13H17ClN2O4S. The summed E-state index contributed by atoms with van der Waals surface area (Å²) in [6, 6.07) is 5.80. The second kappa shape index (κ2) is 8.63. The third kappa shape index (κ3) is 6.14. The molecule has 0 radical (unpaired) electrons. The zero-order chi connectivity index (χ0) is 15.8. The number of carbonyl (C=O) groups is 2. The predicted octanol–water partition coefficient (Wildman–Crippen LogP) is 1.71. The first-order valence-electron chi connectivity index (χ1n) is 6.31. The molecule has 0 fully saturated rings. The van der Waals surface area contributed by atoms with E-state index in [4.69, 9.17) is 16.7 Å². The van der Waals surface area contributed by atoms with Gasteiger partial charge in [-0.1, -0.05) is 24.6 Å². The predicted molar refractivity (Wildman–Crippen MR) is 83.4 cm³/mol. The first kappa shape index (κ1) is 17.5. The normalized spacial score (nSPS) is 11.7. The van der Waals surface area contributed by atoms with E-state index in [-0.39, 0.29) is 6.54 Å². The highest BCUT2D eigenvalue weighted by Gasteiger charge is 2.18. The summed E-state index contributed by atoms with van der Waals surface area (Å²) in [6.45, 7) is 1.53. The summed E-state index contributed by atoms with van der Waals surface area (Å²) in [4.78, 5) is 24.0. The maximum Gasteiger partial charge on any atom is 0.323 e. The molecule has 0 aliphatic heterocycles. The Morgan fingerprint density at radius 2 is 2.14 bits per heavy atom. The number of carboxylic acid groups (broad SMARTS) is 1. The number of aliphatic carboxylic acids is 1. The van der Waals surface area contributed by atoms with Gasteiger partial charge in [0.05, 0.1) is 0 Å². The van der Waals surface area contributed by atoms with Crippen molar-refractivity contribution in [1.29, 1.82) is 0 Å². The molecule has 1 unspecified atom stereocenters. The fourth-order valence-corrected chi connectivity index (χ4v) is 2.37. The van der Waals surface area contributed by atoms with Crippen molar-refractivity contribution >= 4 is 40.1 Å². The lowest BCUT2D eigenvalue weighted by Crippen LogP contribution is -2.44. The van der Waals surface area contributed by atoms with Crippen molar-refractivity contribution in [3.63, 3.8) is 0 Å². The average Bonchev–Trinajstić information content (AvgIpc) is 2.44. The molecule has 8 heteroatoms. The van der Waals surface area contributed by atoms with Crippen LogP contribution in [0.2, 0.25) is 5.02 Å². The molecule has 0 aromatic heterocycles. The molecule has 2 amide bonds. The quantitative estimate of drug-likeness (QED) is 0.795. The van der Waals surface area contributed by atoms with E-state index < -0.39 is 29.3 Å². The minimum atomic E-state index is -1.14. The van der Waals surface area contributed by atoms with Gasteiger partial charge in [-0.05, 0) is 18.2 Å². The van der Waals surface area contributed by atoms with Gasteiger partial charge in [0.2, 0.25) is 0 Å². The van der Waals surface area contributed by atoms with Gasteiger partial charge in [-0.3, -0.25) is 13.9 Å². The van der Waals surface area contributed by atoms with Crippen LogP contribution in [0.25, 0.3) is 0 Å². The van der Waals surface area contributed by atoms with Crippen molar-refractivity contribution in [3.8, 4) is 0 Å². The summed E-state index contributed by atoms with van der Waals surface area (Å²) in [5, 5.41) is 11.9. The standard InChI is InChI=1S/C13H17ClN2O4S/c1-2-21(20)7-6-15-13(19)16(9-12(17)18)11-5-3-4-10(14)8-11/h3-5,8H,2,6-7,9H2,1H3,(H,15,19)(H,17,18). The van der Waals surface area contributed by atoms with E-state index in [1.54, 1.807) is 25.1 Å². The number of hydrogen-bond donors (Lipinski definition) is 2. The first-order valence-corrected chi connectivity index (χ1v) is 8.18. The summed E-state index contributed by atoms with van der Waals surface area (Å²) in [5.74, 6) is -0.288. The number of hydrogen-bond acceptors (Lipinski definition) is 3. The third-order valence-corrected chi connectivity index (χ3v) is 4.12. The molecule has 2 N–H and O–H groups in total. The fraction of sp³-hybridized carbons (Fsp3) is 0.385. The number of carbonyl (C=O) groups excluding carboxylic acids is 1. The highest BCUT2D eigenvalue weighted by molar-refractivity contribution is 7.84. The zero-order valence-corrected chi connectivity index (χ0v) is 13.1. The molecule has 0 bridgehead atoms. The van der Waals surface area contributed by atoms with Crippen molar-refractivity contribution < 1.29 is 18.9 Å². The number of rotatable bonds is 7. The molecule has 0 aliphatic rings. The summed E-state index contributed by atoms with van der Waals surface area (Å²) >= 11 is 5.85. The summed E-state index contributed by atoms with van der Waals surface area (Å²) in [7, 11) is -0.986. The van der Waals surface area contributed by atoms with Crippen LogP contribution >= 0.6 is 11.6 Å². The molecule has 1 atom stereocenters. The van der Waals surface area contributed by atoms with Gasteiger partial charge in [0.1, 0.15) is 6.54 Å². The molecule has 1 aromatic carbocycles. The first-order chi connectivity index (χ1) is 9.93. The average molecular weight is 333 g/mol. The molecular weight excluding hydrogens is 316 g/mol. The van der Waals surface area contributed by atoms with Gasteiger partial charge in [-0.15, -0.1) is 0 Å². The number of carboxylic acids is 1. The van der Waals surface area contributed by atoms with E-state index in [9.17, 15) is 13.8 Å². The van der Waals surface area contributed by atoms with E-state index in [1.807, 2.05) is 0 Å². The second-order valence-corrected chi connectivity index (χ2v) is 6.43. The van der Waals surface area contributed by atoms with Gasteiger partial charge in [-0.25, -0.2) is 4.79 Å². The van der Waals surface area contributed by atoms with Gasteiger partial charge in [0.25, 0.3) is 0 Å². The Balaban J connectivity index is 2.75. The molecule has 0 heterocycles. The maximum absolute atomic E-state index is 12.1. The molecule has 0 saturated heterocycles. The number of anilines is 1. The summed E-state index contributed by atoms with van der Waals surface area (Å²) in [6.07, 6.45) is 0. The topological polar surface area (TPSA) is 86.7 Å². The van der Waals surface area contributed by atoms with E-state index in [0.717, 1.165) is 4.90 Å². The summed E-state index contributed by atoms with van der Waals surface area (Å²) in [5.41, 5.74) is 0.388. The zero-order valence-electron chi connectivity index (χ0n) is 11.5. The Bertz CT molecular complexity index is 539. The molecule has 1 rings (SSSR count). The number of halogens is 1. The van der Waals surface area contributed by atoms with Crippen molar-refractivity contribution in [2.75, 3.05) is 29.5 Å². The van der Waals surface area contributed by atoms with Gasteiger partial charge in [0, 0.05) is 39.6 Å². The molecule has 0 spiro atoms. The fourth-order valence-electron chi connectivity index (χ4n) is 1.57. The lowest BCUT2D eigenvalue weighted by molar-refractivity contribution is -0.135. The van der Waals surface area contributed by atoms with Gasteiger partial charge in [0.15, 0.2) is 0 Å². The number of nitrogens with one attached hydrogen (secondary N) is 1. The number of benzene rings is 1. The van der Waals surface area contributed by atoms with Crippen LogP contribution in [-0.2, 0) is 15.6 Å². The van der Waals surface area contributed by atoms with Crippen molar-refractivity contribution in [2.24, 2.45) is 0 Å². The molecule has 116 valence electrons. The number of amides is 2. The Morgan fingerprint density at radius 3 is 2.71 bits per heavy atom. The highest BCUT2D eigenvalue weighted by atomic mass is 35.5. The molecule has 1 aromatic rings. The van der Waals surface area contributed by atoms with Crippen LogP contribution < -0.4 is 10.2 Å². The lowest BCUT2D eigenvalue weighted by atomic mass is 10.3. The Labute approximate surface area is 130 Å². The minimum Gasteiger partial charge on any atom is -0.480 e. The van der Waals surface area contributed by atoms with Gasteiger partial charge < -0.3 is 10.4 Å². The van der Waals surface area contributed by atoms with Crippen molar-refractivity contribution in [1.82, 2.24) is 5.32 Å². The van der Waals surface area contributed by atoms with Crippen LogP contribution in [0.15, 0.2) is 24.3 Å². The third-order valence-electron chi connectivity index (χ3n) is 2.59. The van der Waals surface area contributed by atoms with Crippen LogP contribution in [0, 0.1) is 0 Å². The summed E-state index contributed by atoms with van der Waals surface area (Å²) < 4.78 is 11.3. The van der Waals surface area contributed by atoms with E-state index in [2.05, 4.69) is 5.32 Å². The van der Waals surface area contributed by atoms with E-state index in [1.165, 1.54) is 6.07 Å². The van der Waals surface area contributed by atoms with Crippen molar-refractivity contribution in [3.05, 3.63) is 29.3 Å². The van der Waals surface area contributed by atoms with Crippen molar-refractivity contribution in [2.45, 2.75) is 6.92 Å². The molecule has 0 saturated carbocycles. The van der Waals surface area contributed by atoms with Crippen LogP contribution in [-0.4, -0.2) is 45.9 Å². The lowest BCUT2D eigenvalue weighted by Gasteiger charge is -2.21. The van der Waals surface area contributed by atoms with Crippen LogP contribution in [0.5, 0.6) is 0 Å².